The van der Waals surface area contributed by atoms with Crippen molar-refractivity contribution in [1.82, 2.24) is 4.31 Å². The van der Waals surface area contributed by atoms with Crippen LogP contribution in [-0.2, 0) is 0 Å². The zero-order valence-corrected chi connectivity index (χ0v) is 19.4. The van der Waals surface area contributed by atoms with Crippen molar-refractivity contribution in [1.29, 1.82) is 0 Å². The molecular formula is C21H45N3S. The first-order chi connectivity index (χ1) is 11.5. The Bertz CT molecular complexity index is 374. The van der Waals surface area contributed by atoms with Crippen molar-refractivity contribution in [3.05, 3.63) is 0 Å². The molecule has 0 heterocycles. The van der Waals surface area contributed by atoms with Crippen molar-refractivity contribution in [2.24, 2.45) is 21.8 Å². The van der Waals surface area contributed by atoms with Gasteiger partial charge >= 0.3 is 0 Å². The summed E-state index contributed by atoms with van der Waals surface area (Å²) in [6.07, 6.45) is 11.8. The van der Waals surface area contributed by atoms with E-state index in [1.165, 1.54) is 11.4 Å². The first-order valence-electron chi connectivity index (χ1n) is 9.95. The maximum absolute atomic E-state index is 4.74. The second-order valence-electron chi connectivity index (χ2n) is 8.84. The van der Waals surface area contributed by atoms with Crippen molar-refractivity contribution >= 4 is 21.6 Å². The second-order valence-corrected chi connectivity index (χ2v) is 12.9. The predicted octanol–water partition coefficient (Wildman–Crippen LogP) is 5.69. The van der Waals surface area contributed by atoms with Crippen LogP contribution in [0.1, 0.15) is 67.2 Å². The molecule has 0 aliphatic carbocycles. The molecule has 0 bridgehead atoms. The van der Waals surface area contributed by atoms with Gasteiger partial charge in [-0.3, -0.25) is 14.3 Å². The van der Waals surface area contributed by atoms with Crippen molar-refractivity contribution in [2.75, 3.05) is 44.9 Å². The summed E-state index contributed by atoms with van der Waals surface area (Å²) in [7, 11) is -0.668. The van der Waals surface area contributed by atoms with E-state index in [0.717, 1.165) is 51.9 Å². The van der Waals surface area contributed by atoms with Gasteiger partial charge in [0.05, 0.1) is 0 Å². The highest BCUT2D eigenvalue weighted by Crippen LogP contribution is 2.39. The molecule has 4 heteroatoms. The normalized spacial score (nSPS) is 14.9. The molecule has 0 atom stereocenters. The predicted molar refractivity (Wildman–Crippen MR) is 121 cm³/mol. The van der Waals surface area contributed by atoms with Gasteiger partial charge in [-0.2, -0.15) is 10.2 Å². The largest absolute Gasteiger partial charge is 0.294 e. The molecule has 0 saturated carbocycles. The van der Waals surface area contributed by atoms with Crippen LogP contribution in [0.3, 0.4) is 0 Å². The van der Waals surface area contributed by atoms with Crippen LogP contribution >= 0.6 is 10.2 Å². The molecule has 0 rings (SSSR count). The van der Waals surface area contributed by atoms with E-state index in [1.807, 2.05) is 0 Å². The van der Waals surface area contributed by atoms with Gasteiger partial charge in [0.1, 0.15) is 0 Å². The lowest BCUT2D eigenvalue weighted by Gasteiger charge is -2.40. The summed E-state index contributed by atoms with van der Waals surface area (Å²) >= 11 is 0. The van der Waals surface area contributed by atoms with Crippen LogP contribution in [0.25, 0.3) is 0 Å². The lowest BCUT2D eigenvalue weighted by molar-refractivity contribution is 0.446. The summed E-state index contributed by atoms with van der Waals surface area (Å²) in [6, 6.07) is 0. The summed E-state index contributed by atoms with van der Waals surface area (Å²) < 4.78 is 2.67. The lowest BCUT2D eigenvalue weighted by Crippen LogP contribution is -2.29. The third kappa shape index (κ3) is 14.5. The molecule has 0 saturated heterocycles. The van der Waals surface area contributed by atoms with E-state index in [0.29, 0.717) is 11.8 Å². The van der Waals surface area contributed by atoms with Crippen molar-refractivity contribution < 1.29 is 0 Å². The summed E-state index contributed by atoms with van der Waals surface area (Å²) in [4.78, 5) is 9.49. The Balaban J connectivity index is 4.27. The van der Waals surface area contributed by atoms with E-state index in [9.17, 15) is 0 Å². The molecule has 3 nitrogen and oxygen atoms in total. The van der Waals surface area contributed by atoms with Gasteiger partial charge in [-0.1, -0.05) is 27.7 Å². The highest BCUT2D eigenvalue weighted by molar-refractivity contribution is 8.30. The molecule has 150 valence electrons. The van der Waals surface area contributed by atoms with Gasteiger partial charge in [-0.15, -0.1) is 0 Å². The molecule has 0 amide bonds. The molecule has 0 unspecified atom stereocenters. The van der Waals surface area contributed by atoms with Gasteiger partial charge in [0.25, 0.3) is 0 Å². The van der Waals surface area contributed by atoms with E-state index < -0.39 is 10.2 Å². The quantitative estimate of drug-likeness (QED) is 0.302. The summed E-state index contributed by atoms with van der Waals surface area (Å²) in [5.74, 6) is 1.41. The maximum atomic E-state index is 4.74. The van der Waals surface area contributed by atoms with Crippen LogP contribution in [0.2, 0.25) is 0 Å². The molecule has 0 aromatic carbocycles. The fraction of sp³-hybridized carbons (Fsp3) is 0.905. The minimum atomic E-state index is -0.668. The lowest BCUT2D eigenvalue weighted by atomic mass is 10.1. The Morgan fingerprint density at radius 1 is 0.760 bits per heavy atom. The molecular weight excluding hydrogens is 326 g/mol. The Kier molecular flexibility index (Phi) is 12.7. The molecule has 0 aromatic rings. The van der Waals surface area contributed by atoms with E-state index in [1.54, 1.807) is 0 Å². The Hall–Kier alpha value is -0.350. The molecule has 0 fully saturated rings. The molecule has 0 N–H and O–H groups in total. The zero-order valence-electron chi connectivity index (χ0n) is 18.6. The fourth-order valence-corrected chi connectivity index (χ4v) is 4.36. The molecule has 0 radical (unpaired) electrons. The van der Waals surface area contributed by atoms with Crippen LogP contribution in [0.5, 0.6) is 0 Å². The minimum absolute atomic E-state index is 0.668. The van der Waals surface area contributed by atoms with Crippen LogP contribution in [0.4, 0.5) is 0 Å². The van der Waals surface area contributed by atoms with Crippen molar-refractivity contribution in [3.8, 4) is 0 Å². The molecule has 0 aromatic heterocycles. The third-order valence-corrected chi connectivity index (χ3v) is 5.99. The van der Waals surface area contributed by atoms with Gasteiger partial charge in [-0.05, 0) is 70.1 Å². The van der Waals surface area contributed by atoms with Crippen LogP contribution < -0.4 is 0 Å². The Morgan fingerprint density at radius 2 is 1.12 bits per heavy atom. The number of hydrogen-bond acceptors (Lipinski definition) is 3. The number of aliphatic imine (C=N–C) groups is 2. The van der Waals surface area contributed by atoms with E-state index in [2.05, 4.69) is 64.6 Å². The van der Waals surface area contributed by atoms with Crippen molar-refractivity contribution in [2.45, 2.75) is 67.2 Å². The average Bonchev–Trinajstić information content (AvgIpc) is 2.42. The molecule has 25 heavy (non-hydrogen) atoms. The van der Waals surface area contributed by atoms with E-state index >= 15 is 0 Å². The Morgan fingerprint density at radius 3 is 1.40 bits per heavy atom. The van der Waals surface area contributed by atoms with Gasteiger partial charge in [0.2, 0.25) is 0 Å². The summed E-state index contributed by atoms with van der Waals surface area (Å²) in [6.45, 7) is 17.6. The first-order valence-corrected chi connectivity index (χ1v) is 12.8. The topological polar surface area (TPSA) is 28.0 Å². The van der Waals surface area contributed by atoms with E-state index in [4.69, 9.17) is 9.98 Å². The monoisotopic (exact) mass is 371 g/mol. The smallest absolute Gasteiger partial charge is 0.0401 e. The van der Waals surface area contributed by atoms with Gasteiger partial charge in [-0.25, -0.2) is 0 Å². The molecule has 0 spiro atoms. The van der Waals surface area contributed by atoms with E-state index in [-0.39, 0.29) is 0 Å². The van der Waals surface area contributed by atoms with Gasteiger partial charge < -0.3 is 0 Å². The highest BCUT2D eigenvalue weighted by atomic mass is 32.3. The second kappa shape index (κ2) is 12.9. The number of nitrogens with zero attached hydrogens (tertiary/aromatic N) is 3. The fourth-order valence-electron chi connectivity index (χ4n) is 3.00. The number of hydrogen-bond donors (Lipinski definition) is 0. The van der Waals surface area contributed by atoms with Gasteiger partial charge in [0.15, 0.2) is 0 Å². The average molecular weight is 372 g/mol. The zero-order chi connectivity index (χ0) is 19.5. The highest BCUT2D eigenvalue weighted by Gasteiger charge is 2.15. The maximum Gasteiger partial charge on any atom is 0.0401 e. The summed E-state index contributed by atoms with van der Waals surface area (Å²) in [5, 5.41) is 0. The summed E-state index contributed by atoms with van der Waals surface area (Å²) in [5.41, 5.74) is 2.61. The molecule has 0 aliphatic heterocycles. The third-order valence-electron chi connectivity index (χ3n) is 4.08. The molecule has 0 aliphatic rings. The minimum Gasteiger partial charge on any atom is -0.294 e. The first kappa shape index (κ1) is 24.7. The Labute approximate surface area is 160 Å². The van der Waals surface area contributed by atoms with Crippen molar-refractivity contribution in [3.63, 3.8) is 0 Å². The standard InChI is InChI=1S/C21H45N3S/c1-18(2)16-20(5)22-12-10-14-24(25(7,8)9)15-11-13-23-21(6)17-19(3)4/h18-19H,10-17H2,1-9H3/b22-20-,23-21+. The number of rotatable bonds is 13. The van der Waals surface area contributed by atoms with Gasteiger partial charge in [0, 0.05) is 37.6 Å². The van der Waals surface area contributed by atoms with Crippen LogP contribution in [-0.4, -0.2) is 60.7 Å². The van der Waals surface area contributed by atoms with Crippen LogP contribution in [0.15, 0.2) is 9.98 Å². The SMILES string of the molecule is C/C(CC(C)C)=N/CCCN(CCC/N=C(\C)CC(C)C)S(C)(C)C. The van der Waals surface area contributed by atoms with Crippen LogP contribution in [0, 0.1) is 11.8 Å².